The summed E-state index contributed by atoms with van der Waals surface area (Å²) in [5.41, 5.74) is -0.933. The first-order valence-corrected chi connectivity index (χ1v) is 7.08. The minimum atomic E-state index is -1.37. The monoisotopic (exact) mass is 340 g/mol. The molecule has 0 spiro atoms. The molecule has 0 atom stereocenters. The number of hydrogen-bond donors (Lipinski definition) is 2. The van der Waals surface area contributed by atoms with Crippen LogP contribution in [0.5, 0.6) is 5.75 Å². The summed E-state index contributed by atoms with van der Waals surface area (Å²) in [5, 5.41) is 37.1. The van der Waals surface area contributed by atoms with E-state index in [1.807, 2.05) is 0 Å². The van der Waals surface area contributed by atoms with E-state index in [9.17, 15) is 29.7 Å². The second-order valence-electron chi connectivity index (χ2n) is 5.23. The minimum Gasteiger partial charge on any atom is -0.550 e. The van der Waals surface area contributed by atoms with Crippen LogP contribution in [0, 0.1) is 0 Å². The Kier molecular flexibility index (Phi) is 9.29. The number of rotatable bonds is 8. The molecular formula is C16H20O8-2. The highest BCUT2D eigenvalue weighted by Crippen LogP contribution is 2.16. The SMILES string of the molecule is CC(C)(O)C(=O)c1ccc(OCCO)cc1.O=C([O-])CCC(=O)[O-]. The molecule has 1 aromatic rings. The van der Waals surface area contributed by atoms with Crippen molar-refractivity contribution in [3.63, 3.8) is 0 Å². The van der Waals surface area contributed by atoms with E-state index in [0.29, 0.717) is 11.3 Å². The van der Waals surface area contributed by atoms with Crippen molar-refractivity contribution >= 4 is 17.7 Å². The topological polar surface area (TPSA) is 147 Å². The summed E-state index contributed by atoms with van der Waals surface area (Å²) in [5.74, 6) is -2.48. The second-order valence-corrected chi connectivity index (χ2v) is 5.23. The Hall–Kier alpha value is -2.45. The molecule has 8 nitrogen and oxygen atoms in total. The van der Waals surface area contributed by atoms with E-state index in [0.717, 1.165) is 0 Å². The van der Waals surface area contributed by atoms with E-state index in [1.54, 1.807) is 24.3 Å². The van der Waals surface area contributed by atoms with Gasteiger partial charge in [-0.15, -0.1) is 0 Å². The van der Waals surface area contributed by atoms with Gasteiger partial charge in [0.25, 0.3) is 0 Å². The minimum absolute atomic E-state index is 0.0512. The molecule has 0 saturated carbocycles. The van der Waals surface area contributed by atoms with Gasteiger partial charge < -0.3 is 34.8 Å². The Balaban J connectivity index is 0.000000561. The zero-order valence-corrected chi connectivity index (χ0v) is 13.5. The van der Waals surface area contributed by atoms with Crippen LogP contribution in [0.2, 0.25) is 0 Å². The fourth-order valence-corrected chi connectivity index (χ4v) is 1.42. The van der Waals surface area contributed by atoms with Crippen molar-refractivity contribution in [2.24, 2.45) is 0 Å². The summed E-state index contributed by atoms with van der Waals surface area (Å²) in [7, 11) is 0. The average Bonchev–Trinajstić information content (AvgIpc) is 2.50. The molecule has 2 N–H and O–H groups in total. The zero-order valence-electron chi connectivity index (χ0n) is 13.5. The van der Waals surface area contributed by atoms with E-state index in [-0.39, 0.29) is 19.0 Å². The van der Waals surface area contributed by atoms with Gasteiger partial charge in [-0.3, -0.25) is 4.79 Å². The van der Waals surface area contributed by atoms with Crippen molar-refractivity contribution in [3.05, 3.63) is 29.8 Å². The third-order valence-electron chi connectivity index (χ3n) is 2.57. The van der Waals surface area contributed by atoms with Crippen LogP contribution in [-0.2, 0) is 9.59 Å². The number of benzene rings is 1. The molecule has 0 aliphatic carbocycles. The Morgan fingerprint density at radius 2 is 1.50 bits per heavy atom. The van der Waals surface area contributed by atoms with Crippen LogP contribution in [0.25, 0.3) is 0 Å². The third-order valence-corrected chi connectivity index (χ3v) is 2.57. The lowest BCUT2D eigenvalue weighted by Gasteiger charge is -2.15. The van der Waals surface area contributed by atoms with E-state index < -0.39 is 30.4 Å². The highest BCUT2D eigenvalue weighted by Gasteiger charge is 2.24. The Morgan fingerprint density at radius 1 is 1.04 bits per heavy atom. The number of carbonyl (C=O) groups excluding carboxylic acids is 3. The van der Waals surface area contributed by atoms with Crippen molar-refractivity contribution in [3.8, 4) is 5.75 Å². The summed E-state index contributed by atoms with van der Waals surface area (Å²) < 4.78 is 5.15. The fourth-order valence-electron chi connectivity index (χ4n) is 1.42. The van der Waals surface area contributed by atoms with Crippen molar-refractivity contribution in [2.45, 2.75) is 32.3 Å². The van der Waals surface area contributed by atoms with E-state index >= 15 is 0 Å². The standard InChI is InChI=1S/C12H16O4.C4H6O4/c1-12(2,15)11(14)9-3-5-10(6-4-9)16-8-7-13;5-3(6)1-2-4(7)8/h3-6,13,15H,7-8H2,1-2H3;1-2H2,(H,5,6)(H,7,8)/p-2. The molecule has 24 heavy (non-hydrogen) atoms. The number of aliphatic hydroxyl groups excluding tert-OH is 1. The van der Waals surface area contributed by atoms with Gasteiger partial charge in [-0.25, -0.2) is 0 Å². The molecule has 0 radical (unpaired) electrons. The molecule has 0 saturated heterocycles. The quantitative estimate of drug-likeness (QED) is 0.531. The van der Waals surface area contributed by atoms with Crippen LogP contribution >= 0.6 is 0 Å². The number of hydrogen-bond acceptors (Lipinski definition) is 8. The van der Waals surface area contributed by atoms with Gasteiger partial charge in [0.1, 0.15) is 18.0 Å². The van der Waals surface area contributed by atoms with Crippen molar-refractivity contribution in [2.75, 3.05) is 13.2 Å². The number of ketones is 1. The molecule has 0 amide bonds. The van der Waals surface area contributed by atoms with Crippen LogP contribution in [0.1, 0.15) is 37.0 Å². The lowest BCUT2D eigenvalue weighted by molar-refractivity contribution is -0.315. The predicted molar refractivity (Wildman–Crippen MR) is 78.9 cm³/mol. The van der Waals surface area contributed by atoms with Crippen LogP contribution < -0.4 is 14.9 Å². The Morgan fingerprint density at radius 3 is 1.83 bits per heavy atom. The second kappa shape index (κ2) is 10.3. The smallest absolute Gasteiger partial charge is 0.193 e. The first-order valence-electron chi connectivity index (χ1n) is 7.08. The van der Waals surface area contributed by atoms with Crippen LogP contribution in [0.15, 0.2) is 24.3 Å². The van der Waals surface area contributed by atoms with E-state index in [1.165, 1.54) is 13.8 Å². The van der Waals surface area contributed by atoms with Gasteiger partial charge in [0, 0.05) is 17.5 Å². The van der Waals surface area contributed by atoms with E-state index in [2.05, 4.69) is 0 Å². The summed E-state index contributed by atoms with van der Waals surface area (Å²) in [6.45, 7) is 3.07. The summed E-state index contributed by atoms with van der Waals surface area (Å²) in [6.07, 6.45) is -0.940. The van der Waals surface area contributed by atoms with Gasteiger partial charge in [-0.2, -0.15) is 0 Å². The van der Waals surface area contributed by atoms with Crippen molar-refractivity contribution < 1.29 is 39.5 Å². The average molecular weight is 340 g/mol. The summed E-state index contributed by atoms with van der Waals surface area (Å²) in [6, 6.07) is 6.45. The van der Waals surface area contributed by atoms with Crippen molar-refractivity contribution in [1.29, 1.82) is 0 Å². The number of ether oxygens (including phenoxy) is 1. The largest absolute Gasteiger partial charge is 0.550 e. The Bertz CT molecular complexity index is 528. The molecule has 134 valence electrons. The normalized spacial score (nSPS) is 10.3. The van der Waals surface area contributed by atoms with Crippen LogP contribution in [0.4, 0.5) is 0 Å². The van der Waals surface area contributed by atoms with Gasteiger partial charge >= 0.3 is 0 Å². The molecule has 0 aromatic heterocycles. The van der Waals surface area contributed by atoms with Gasteiger partial charge in [-0.1, -0.05) is 0 Å². The third kappa shape index (κ3) is 9.54. The maximum atomic E-state index is 11.7. The molecule has 0 fully saturated rings. The Labute approximate surface area is 139 Å². The lowest BCUT2D eigenvalue weighted by Crippen LogP contribution is -2.30. The number of aliphatic hydroxyl groups is 2. The zero-order chi connectivity index (χ0) is 18.8. The van der Waals surface area contributed by atoms with Crippen LogP contribution in [-0.4, -0.2) is 46.7 Å². The molecule has 0 heterocycles. The molecule has 0 bridgehead atoms. The van der Waals surface area contributed by atoms with Gasteiger partial charge in [0.05, 0.1) is 6.61 Å². The number of aliphatic carboxylic acids is 2. The molecule has 8 heteroatoms. The number of Topliss-reactive ketones (excluding diaryl/α,β-unsaturated/α-hetero) is 1. The fraction of sp³-hybridized carbons (Fsp3) is 0.438. The predicted octanol–water partition coefficient (Wildman–Crippen LogP) is -1.72. The molecule has 1 aromatic carbocycles. The molecule has 0 unspecified atom stereocenters. The molecular weight excluding hydrogens is 320 g/mol. The first-order chi connectivity index (χ1) is 11.1. The summed E-state index contributed by atoms with van der Waals surface area (Å²) in [4.78, 5) is 30.7. The molecule has 1 rings (SSSR count). The maximum Gasteiger partial charge on any atom is 0.193 e. The number of carboxylic acid groups (broad SMARTS) is 2. The number of carboxylic acids is 2. The maximum absolute atomic E-state index is 11.7. The summed E-state index contributed by atoms with van der Waals surface area (Å²) >= 11 is 0. The van der Waals surface area contributed by atoms with Crippen molar-refractivity contribution in [1.82, 2.24) is 0 Å². The first kappa shape index (κ1) is 21.6. The highest BCUT2D eigenvalue weighted by molar-refractivity contribution is 6.01. The van der Waals surface area contributed by atoms with E-state index in [4.69, 9.17) is 9.84 Å². The molecule has 0 aliphatic heterocycles. The van der Waals surface area contributed by atoms with Gasteiger partial charge in [0.15, 0.2) is 5.78 Å². The highest BCUT2D eigenvalue weighted by atomic mass is 16.5. The van der Waals surface area contributed by atoms with Gasteiger partial charge in [-0.05, 0) is 51.0 Å². The van der Waals surface area contributed by atoms with Crippen LogP contribution in [0.3, 0.4) is 0 Å². The number of carbonyl (C=O) groups is 3. The molecule has 0 aliphatic rings. The van der Waals surface area contributed by atoms with Gasteiger partial charge in [0.2, 0.25) is 0 Å². The lowest BCUT2D eigenvalue weighted by atomic mass is 9.97.